The lowest BCUT2D eigenvalue weighted by molar-refractivity contribution is -0.173. The van der Waals surface area contributed by atoms with Gasteiger partial charge in [0, 0.05) is 19.0 Å². The zero-order valence-corrected chi connectivity index (χ0v) is 14.2. The highest BCUT2D eigenvalue weighted by atomic mass is 16.7. The molecule has 0 aromatic heterocycles. The molecule has 0 aliphatic carbocycles. The molecule has 2 aliphatic heterocycles. The molecule has 0 radical (unpaired) electrons. The quantitative estimate of drug-likeness (QED) is 0.760. The lowest BCUT2D eigenvalue weighted by atomic mass is 10.1. The van der Waals surface area contributed by atoms with Crippen LogP contribution in [0, 0.1) is 5.92 Å². The molecule has 132 valence electrons. The number of imide groups is 1. The molecule has 3 rings (SSSR count). The summed E-state index contributed by atoms with van der Waals surface area (Å²) < 4.78 is 0. The van der Waals surface area contributed by atoms with E-state index < -0.39 is 23.7 Å². The smallest absolute Gasteiger partial charge is 0.338 e. The van der Waals surface area contributed by atoms with Gasteiger partial charge < -0.3 is 9.74 Å². The first-order valence-electron chi connectivity index (χ1n) is 8.47. The van der Waals surface area contributed by atoms with Crippen molar-refractivity contribution < 1.29 is 24.0 Å². The van der Waals surface area contributed by atoms with Crippen LogP contribution in [0.15, 0.2) is 24.3 Å². The van der Waals surface area contributed by atoms with Gasteiger partial charge in [-0.05, 0) is 25.0 Å². The maximum absolute atomic E-state index is 12.4. The molecule has 0 saturated carbocycles. The van der Waals surface area contributed by atoms with Crippen LogP contribution < -0.4 is 0 Å². The number of carbonyl (C=O) groups excluding carboxylic acids is 4. The molecule has 1 fully saturated rings. The molecule has 0 N–H and O–H groups in total. The second kappa shape index (κ2) is 6.66. The van der Waals surface area contributed by atoms with Gasteiger partial charge in [-0.2, -0.15) is 0 Å². The molecule has 1 aromatic rings. The van der Waals surface area contributed by atoms with Gasteiger partial charge in [-0.25, -0.2) is 4.79 Å². The lowest BCUT2D eigenvalue weighted by Crippen LogP contribution is -2.38. The Morgan fingerprint density at radius 1 is 1.12 bits per heavy atom. The molecule has 7 nitrogen and oxygen atoms in total. The van der Waals surface area contributed by atoms with E-state index in [1.54, 1.807) is 17.0 Å². The summed E-state index contributed by atoms with van der Waals surface area (Å²) in [7, 11) is 0. The first-order chi connectivity index (χ1) is 12.0. The van der Waals surface area contributed by atoms with Gasteiger partial charge in [0.15, 0.2) is 0 Å². The van der Waals surface area contributed by atoms with Crippen LogP contribution in [0.25, 0.3) is 0 Å². The normalized spacial score (nSPS) is 19.8. The summed E-state index contributed by atoms with van der Waals surface area (Å²) in [6.45, 7) is 4.24. The summed E-state index contributed by atoms with van der Waals surface area (Å²) >= 11 is 0. The third kappa shape index (κ3) is 2.90. The molecule has 7 heteroatoms. The molecule has 3 amide bonds. The number of rotatable bonds is 5. The molecule has 1 saturated heterocycles. The second-order valence-corrected chi connectivity index (χ2v) is 6.28. The van der Waals surface area contributed by atoms with Gasteiger partial charge in [-0.15, -0.1) is 0 Å². The van der Waals surface area contributed by atoms with E-state index in [1.807, 2.05) is 13.8 Å². The minimum Gasteiger partial charge on any atom is -0.339 e. The largest absolute Gasteiger partial charge is 0.339 e. The number of hydroxylamine groups is 2. The van der Waals surface area contributed by atoms with E-state index in [0.717, 1.165) is 12.8 Å². The predicted octanol–water partition coefficient (Wildman–Crippen LogP) is 1.78. The van der Waals surface area contributed by atoms with Crippen molar-refractivity contribution in [2.45, 2.75) is 39.2 Å². The summed E-state index contributed by atoms with van der Waals surface area (Å²) in [4.78, 5) is 55.8. The molecular weight excluding hydrogens is 324 g/mol. The van der Waals surface area contributed by atoms with Crippen molar-refractivity contribution in [2.24, 2.45) is 5.92 Å². The molecule has 0 bridgehead atoms. The van der Waals surface area contributed by atoms with Crippen molar-refractivity contribution in [2.75, 3.05) is 6.54 Å². The van der Waals surface area contributed by atoms with E-state index in [0.29, 0.717) is 5.06 Å². The number of amides is 3. The van der Waals surface area contributed by atoms with Crippen LogP contribution >= 0.6 is 0 Å². The number of nitrogens with zero attached hydrogens (tertiary/aromatic N) is 2. The van der Waals surface area contributed by atoms with Gasteiger partial charge in [0.25, 0.3) is 11.8 Å². The Morgan fingerprint density at radius 2 is 1.68 bits per heavy atom. The number of hydrogen-bond acceptors (Lipinski definition) is 5. The lowest BCUT2D eigenvalue weighted by Gasteiger charge is -2.26. The predicted molar refractivity (Wildman–Crippen MR) is 87.2 cm³/mol. The van der Waals surface area contributed by atoms with Crippen molar-refractivity contribution in [1.29, 1.82) is 0 Å². The van der Waals surface area contributed by atoms with Crippen molar-refractivity contribution in [3.63, 3.8) is 0 Å². The van der Waals surface area contributed by atoms with E-state index in [4.69, 9.17) is 4.84 Å². The van der Waals surface area contributed by atoms with Crippen LogP contribution in [0.2, 0.25) is 0 Å². The SMILES string of the molecule is CCC(CC)N1CC(C(=O)ON2C(=O)c3ccccc3C2=O)CC1=O. The Kier molecular flexibility index (Phi) is 4.57. The highest BCUT2D eigenvalue weighted by Gasteiger charge is 2.43. The highest BCUT2D eigenvalue weighted by Crippen LogP contribution is 2.27. The minimum atomic E-state index is -0.726. The first-order valence-corrected chi connectivity index (χ1v) is 8.47. The van der Waals surface area contributed by atoms with Crippen LogP contribution in [-0.4, -0.2) is 46.2 Å². The second-order valence-electron chi connectivity index (χ2n) is 6.28. The van der Waals surface area contributed by atoms with E-state index in [9.17, 15) is 19.2 Å². The number of likely N-dealkylation sites (tertiary alicyclic amines) is 1. The summed E-state index contributed by atoms with van der Waals surface area (Å²) in [5, 5.41) is 0.497. The number of fused-ring (bicyclic) bond motifs is 1. The Balaban J connectivity index is 1.69. The third-order valence-electron chi connectivity index (χ3n) is 4.81. The van der Waals surface area contributed by atoms with E-state index in [-0.39, 0.29) is 36.0 Å². The fourth-order valence-corrected chi connectivity index (χ4v) is 3.39. The zero-order valence-electron chi connectivity index (χ0n) is 14.2. The average molecular weight is 344 g/mol. The summed E-state index contributed by atoms with van der Waals surface area (Å²) in [5.74, 6) is -2.81. The molecule has 25 heavy (non-hydrogen) atoms. The first kappa shape index (κ1) is 17.1. The number of carbonyl (C=O) groups is 4. The minimum absolute atomic E-state index is 0.0402. The van der Waals surface area contributed by atoms with Crippen LogP contribution in [0.3, 0.4) is 0 Å². The van der Waals surface area contributed by atoms with Gasteiger partial charge in [-0.3, -0.25) is 14.4 Å². The molecule has 2 aliphatic rings. The van der Waals surface area contributed by atoms with Crippen molar-refractivity contribution in [1.82, 2.24) is 9.96 Å². The molecule has 1 aromatic carbocycles. The fraction of sp³-hybridized carbons (Fsp3) is 0.444. The summed E-state index contributed by atoms with van der Waals surface area (Å²) in [6, 6.07) is 6.38. The third-order valence-corrected chi connectivity index (χ3v) is 4.81. The van der Waals surface area contributed by atoms with Crippen molar-refractivity contribution in [3.05, 3.63) is 35.4 Å². The highest BCUT2D eigenvalue weighted by molar-refractivity contribution is 6.20. The molecule has 2 heterocycles. The maximum Gasteiger partial charge on any atom is 0.338 e. The van der Waals surface area contributed by atoms with Gasteiger partial charge in [0.05, 0.1) is 17.0 Å². The van der Waals surface area contributed by atoms with Crippen LogP contribution in [-0.2, 0) is 14.4 Å². The molecule has 1 unspecified atom stereocenters. The van der Waals surface area contributed by atoms with Gasteiger partial charge in [-0.1, -0.05) is 31.0 Å². The summed E-state index contributed by atoms with van der Waals surface area (Å²) in [6.07, 6.45) is 1.66. The van der Waals surface area contributed by atoms with Crippen molar-refractivity contribution in [3.8, 4) is 0 Å². The van der Waals surface area contributed by atoms with Crippen LogP contribution in [0.5, 0.6) is 0 Å². The topological polar surface area (TPSA) is 84.0 Å². The van der Waals surface area contributed by atoms with E-state index >= 15 is 0 Å². The van der Waals surface area contributed by atoms with Crippen molar-refractivity contribution >= 4 is 23.7 Å². The average Bonchev–Trinajstić information content (AvgIpc) is 3.11. The monoisotopic (exact) mass is 344 g/mol. The Morgan fingerprint density at radius 3 is 2.20 bits per heavy atom. The van der Waals surface area contributed by atoms with Gasteiger partial charge in [0.1, 0.15) is 0 Å². The number of benzene rings is 1. The zero-order chi connectivity index (χ0) is 18.1. The van der Waals surface area contributed by atoms with Gasteiger partial charge in [0.2, 0.25) is 5.91 Å². The van der Waals surface area contributed by atoms with E-state index in [1.165, 1.54) is 12.1 Å². The van der Waals surface area contributed by atoms with Crippen LogP contribution in [0.4, 0.5) is 0 Å². The maximum atomic E-state index is 12.4. The molecule has 0 spiro atoms. The summed E-state index contributed by atoms with van der Waals surface area (Å²) in [5.41, 5.74) is 0.419. The Hall–Kier alpha value is -2.70. The Bertz CT molecular complexity index is 706. The molecule has 1 atom stereocenters. The van der Waals surface area contributed by atoms with E-state index in [2.05, 4.69) is 0 Å². The van der Waals surface area contributed by atoms with Gasteiger partial charge >= 0.3 is 5.97 Å². The molecular formula is C18H20N2O5. The number of hydrogen-bond donors (Lipinski definition) is 0. The Labute approximate surface area is 145 Å². The fourth-order valence-electron chi connectivity index (χ4n) is 3.39. The van der Waals surface area contributed by atoms with Crippen LogP contribution in [0.1, 0.15) is 53.8 Å². The standard InChI is InChI=1S/C18H20N2O5/c1-3-12(4-2)19-10-11(9-15(19)21)18(24)25-20-16(22)13-7-5-6-8-14(13)17(20)23/h5-8,11-12H,3-4,9-10H2,1-2H3.